The third-order valence-corrected chi connectivity index (χ3v) is 19.1. The van der Waals surface area contributed by atoms with Crippen LogP contribution in [0.3, 0.4) is 0 Å². The van der Waals surface area contributed by atoms with Gasteiger partial charge in [0.05, 0.1) is 17.3 Å². The first-order valence-corrected chi connectivity index (χ1v) is 35.7. The van der Waals surface area contributed by atoms with Gasteiger partial charge in [-0.05, 0) is 148 Å². The smallest absolute Gasteiger partial charge is 0.295 e. The normalized spacial score (nSPS) is 15.2. The van der Waals surface area contributed by atoms with Gasteiger partial charge < -0.3 is 26.2 Å². The molecule has 4 aromatic carbocycles. The molecule has 0 spiro atoms. The quantitative estimate of drug-likeness (QED) is 0.0143. The molecule has 0 radical (unpaired) electrons. The molecule has 6 aromatic rings. The molecule has 91 heavy (non-hydrogen) atoms. The van der Waals surface area contributed by atoms with Gasteiger partial charge in [-0.2, -0.15) is 33.7 Å². The molecule has 4 amide bonds. The molecule has 2 aliphatic rings. The van der Waals surface area contributed by atoms with Gasteiger partial charge in [0.2, 0.25) is 0 Å². The molecule has 8 N–H and O–H groups in total. The van der Waals surface area contributed by atoms with Gasteiger partial charge in [-0.25, -0.2) is 9.97 Å². The van der Waals surface area contributed by atoms with Crippen LogP contribution >= 0.6 is 0 Å². The van der Waals surface area contributed by atoms with Gasteiger partial charge in [-0.1, -0.05) is 108 Å². The lowest BCUT2D eigenvalue weighted by Crippen LogP contribution is -2.32. The number of rotatable bonds is 26. The predicted molar refractivity (Wildman–Crippen MR) is 350 cm³/mol. The number of pyridine rings is 2. The number of benzene rings is 4. The molecule has 2 aromatic heterocycles. The van der Waals surface area contributed by atoms with Crippen LogP contribution in [0, 0.1) is 0 Å². The Labute approximate surface area is 529 Å². The van der Waals surface area contributed by atoms with Crippen LogP contribution in [0.15, 0.2) is 125 Å². The Balaban J connectivity index is 1.17. The molecule has 0 saturated heterocycles. The Morgan fingerprint density at radius 2 is 1.04 bits per heavy atom. The van der Waals surface area contributed by atoms with E-state index in [4.69, 9.17) is 0 Å². The first-order valence-electron chi connectivity index (χ1n) is 29.4. The second-order valence-electron chi connectivity index (χ2n) is 23.2. The molecule has 27 heteroatoms. The van der Waals surface area contributed by atoms with E-state index in [0.29, 0.717) is 53.0 Å². The summed E-state index contributed by atoms with van der Waals surface area (Å²) in [5.41, 5.74) is 5.27. The number of hydrogen-bond acceptors (Lipinski definition) is 15. The Hall–Kier alpha value is -8.02. The van der Waals surface area contributed by atoms with E-state index in [-0.39, 0.29) is 45.9 Å². The standard InChI is InChI=1S/C64H73N7O16S4/c1-8-11-15-28-71-54-38-55(91(85,86)87)48-33-40(43-36-50(59(72)65-9-2)69-51(37-43)60(73)66-10-3)21-24-47(48)58(54)64(6,7)56(71)19-14-12-13-18-49-45(17-16-29-88(76,77)78)46-25-22-41-32-39(20-23-44(41)57(46)63(49,4)5)42-34-52(61(74)67-26-30-89(79,80)81)70-53(35-42)62(75)68-27-31-90(82,83)84/h12-14,18-25,32-38H,8-11,15-17,26-31H2,1-7H3,(H,65,72)(H,66,73)(H,67,74)(H,68,75)(H,76,77,78)(H,79,80,81)(H,82,83,84)(H,85,86,87)/b14-12+,18-13+,56-19+. The molecule has 0 saturated carbocycles. The largest absolute Gasteiger partial charge is 0.351 e. The first kappa shape index (κ1) is 68.9. The molecule has 23 nitrogen and oxygen atoms in total. The fourth-order valence-electron chi connectivity index (χ4n) is 11.9. The molecule has 0 atom stereocenters. The second kappa shape index (κ2) is 27.4. The maximum Gasteiger partial charge on any atom is 0.295 e. The van der Waals surface area contributed by atoms with Crippen molar-refractivity contribution in [1.29, 1.82) is 0 Å². The monoisotopic (exact) mass is 1320 g/mol. The van der Waals surface area contributed by atoms with Gasteiger partial charge in [0.1, 0.15) is 27.7 Å². The second-order valence-corrected chi connectivity index (χ2v) is 29.3. The van der Waals surface area contributed by atoms with E-state index in [1.165, 1.54) is 30.3 Å². The highest BCUT2D eigenvalue weighted by Gasteiger charge is 2.43. The van der Waals surface area contributed by atoms with Crippen LogP contribution in [0.25, 0.3) is 49.4 Å². The molecule has 3 heterocycles. The van der Waals surface area contributed by atoms with Crippen molar-refractivity contribution >= 4 is 96.9 Å². The lowest BCUT2D eigenvalue weighted by atomic mass is 9.78. The summed E-state index contributed by atoms with van der Waals surface area (Å²) < 4.78 is 136. The van der Waals surface area contributed by atoms with E-state index in [1.807, 2.05) is 82.3 Å². The lowest BCUT2D eigenvalue weighted by Gasteiger charge is -2.27. The molecule has 0 fully saturated rings. The van der Waals surface area contributed by atoms with E-state index in [1.54, 1.807) is 38.1 Å². The minimum atomic E-state index is -4.86. The van der Waals surface area contributed by atoms with Gasteiger partial charge in [0.25, 0.3) is 64.1 Å². The summed E-state index contributed by atoms with van der Waals surface area (Å²) in [7, 11) is -18.1. The average molecular weight is 1320 g/mol. The van der Waals surface area contributed by atoms with Crippen LogP contribution < -0.4 is 26.2 Å². The van der Waals surface area contributed by atoms with Crippen molar-refractivity contribution in [3.63, 3.8) is 0 Å². The molecule has 1 aliphatic carbocycles. The zero-order valence-corrected chi connectivity index (χ0v) is 54.5. The summed E-state index contributed by atoms with van der Waals surface area (Å²) in [6.45, 7) is 13.9. The fourth-order valence-corrected chi connectivity index (χ4v) is 13.8. The number of hydrogen-bond donors (Lipinski definition) is 8. The number of allylic oxidation sites excluding steroid dienone is 8. The van der Waals surface area contributed by atoms with Gasteiger partial charge in [0, 0.05) is 60.3 Å². The molecule has 1 aliphatic heterocycles. The van der Waals surface area contributed by atoms with Gasteiger partial charge in [-0.3, -0.25) is 37.4 Å². The number of amides is 4. The van der Waals surface area contributed by atoms with E-state index in [9.17, 15) is 71.1 Å². The molecule has 0 bridgehead atoms. The SMILES string of the molecule is CCCCCN1/C(=C/C=C/C=C/C2=C(CCCS(=O)(=O)O)c3ccc4cc(-c5cc(C(=O)NCCS(=O)(=O)O)nc(C(=O)NCCS(=O)(=O)O)c5)ccc4c3C2(C)C)C(C)(C)c2c1cc(S(=O)(=O)O)c1cc(-c3cc(C(=O)NCC)nc(C(=O)NCC)c3)ccc21. The van der Waals surface area contributed by atoms with E-state index >= 15 is 0 Å². The predicted octanol–water partition coefficient (Wildman–Crippen LogP) is 8.80. The maximum absolute atomic E-state index is 13.5. The van der Waals surface area contributed by atoms with Gasteiger partial charge in [-0.15, -0.1) is 0 Å². The third-order valence-electron chi connectivity index (χ3n) is 15.9. The Morgan fingerprint density at radius 1 is 0.527 bits per heavy atom. The van der Waals surface area contributed by atoms with Gasteiger partial charge >= 0.3 is 0 Å². The summed E-state index contributed by atoms with van der Waals surface area (Å²) >= 11 is 0. The molecular weight excluding hydrogens is 1250 g/mol. The van der Waals surface area contributed by atoms with E-state index in [2.05, 4.69) is 43.1 Å². The van der Waals surface area contributed by atoms with Crippen molar-refractivity contribution in [3.05, 3.63) is 160 Å². The minimum Gasteiger partial charge on any atom is -0.351 e. The number of aromatic nitrogens is 2. The van der Waals surface area contributed by atoms with Crippen molar-refractivity contribution in [2.24, 2.45) is 0 Å². The number of anilines is 1. The molecule has 0 unspecified atom stereocenters. The van der Waals surface area contributed by atoms with Gasteiger partial charge in [0.15, 0.2) is 0 Å². The van der Waals surface area contributed by atoms with Crippen LogP contribution in [0.4, 0.5) is 5.69 Å². The summed E-state index contributed by atoms with van der Waals surface area (Å²) in [5, 5.41) is 12.4. The number of nitrogens with zero attached hydrogens (tertiary/aromatic N) is 3. The highest BCUT2D eigenvalue weighted by molar-refractivity contribution is 7.86. The highest BCUT2D eigenvalue weighted by atomic mass is 32.2. The maximum atomic E-state index is 13.5. The van der Waals surface area contributed by atoms with Crippen molar-refractivity contribution in [2.45, 2.75) is 96.3 Å². The Morgan fingerprint density at radius 3 is 1.55 bits per heavy atom. The summed E-state index contributed by atoms with van der Waals surface area (Å²) in [5.74, 6) is -4.87. The number of unbranched alkanes of at least 4 members (excludes halogenated alkanes) is 2. The highest BCUT2D eigenvalue weighted by Crippen LogP contribution is 2.54. The van der Waals surface area contributed by atoms with Crippen LogP contribution in [-0.2, 0) is 51.3 Å². The fraction of sp³-hybridized carbons (Fsp3) is 0.344. The van der Waals surface area contributed by atoms with E-state index < -0.39 is 105 Å². The molecule has 8 rings (SSSR count). The van der Waals surface area contributed by atoms with Crippen molar-refractivity contribution in [2.75, 3.05) is 54.9 Å². The lowest BCUT2D eigenvalue weighted by molar-refractivity contribution is 0.0930. The van der Waals surface area contributed by atoms with Crippen LogP contribution in [0.1, 0.15) is 139 Å². The topological polar surface area (TPSA) is 363 Å². The summed E-state index contributed by atoms with van der Waals surface area (Å²) in [6, 6.07) is 21.7. The van der Waals surface area contributed by atoms with Crippen molar-refractivity contribution in [1.82, 2.24) is 31.2 Å². The van der Waals surface area contributed by atoms with E-state index in [0.717, 1.165) is 63.6 Å². The van der Waals surface area contributed by atoms with Crippen molar-refractivity contribution in [3.8, 4) is 22.3 Å². The zero-order chi connectivity index (χ0) is 66.6. The number of fused-ring (bicyclic) bond motifs is 6. The molecular formula is C64H73N7O16S4. The minimum absolute atomic E-state index is 0.0160. The summed E-state index contributed by atoms with van der Waals surface area (Å²) in [4.78, 5) is 63.1. The first-order chi connectivity index (χ1) is 42.7. The number of carbonyl (C=O) groups is 4. The van der Waals surface area contributed by atoms with Crippen LogP contribution in [-0.4, -0.2) is 135 Å². The zero-order valence-electron chi connectivity index (χ0n) is 51.2. The summed E-state index contributed by atoms with van der Waals surface area (Å²) in [6.07, 6.45) is 12.4. The van der Waals surface area contributed by atoms with Crippen LogP contribution in [0.5, 0.6) is 0 Å². The number of carbonyl (C=O) groups excluding carboxylic acids is 4. The average Bonchev–Trinajstić information content (AvgIpc) is 1.60. The number of nitrogens with one attached hydrogen (secondary N) is 4. The Kier molecular flexibility index (Phi) is 20.8. The third kappa shape index (κ3) is 16.0. The molecule has 484 valence electrons. The van der Waals surface area contributed by atoms with Crippen molar-refractivity contribution < 1.29 is 71.1 Å². The Bertz CT molecular complexity index is 4430. The van der Waals surface area contributed by atoms with Crippen LogP contribution in [0.2, 0.25) is 0 Å².